The Morgan fingerprint density at radius 1 is 1.17 bits per heavy atom. The van der Waals surface area contributed by atoms with Crippen molar-refractivity contribution in [3.63, 3.8) is 0 Å². The molecule has 0 radical (unpaired) electrons. The lowest BCUT2D eigenvalue weighted by atomic mass is 9.98. The van der Waals surface area contributed by atoms with Crippen LogP contribution in [0.2, 0.25) is 0 Å². The maximum atomic E-state index is 12.6. The summed E-state index contributed by atoms with van der Waals surface area (Å²) < 4.78 is 4.92. The summed E-state index contributed by atoms with van der Waals surface area (Å²) in [6.45, 7) is 1.85. The lowest BCUT2D eigenvalue weighted by Gasteiger charge is -2.08. The first kappa shape index (κ1) is 16.2. The number of rotatable bonds is 5. The van der Waals surface area contributed by atoms with E-state index in [0.717, 1.165) is 6.07 Å². The minimum absolute atomic E-state index is 0.116. The molecule has 2 aromatic rings. The molecular weight excluding hydrogens is 300 g/mol. The fourth-order valence-electron chi connectivity index (χ4n) is 2.09. The molecule has 0 fully saturated rings. The Balaban J connectivity index is 2.44. The van der Waals surface area contributed by atoms with Crippen LogP contribution in [0.1, 0.15) is 33.2 Å². The van der Waals surface area contributed by atoms with Gasteiger partial charge in [0.15, 0.2) is 5.78 Å². The van der Waals surface area contributed by atoms with Gasteiger partial charge >= 0.3 is 5.97 Å². The third kappa shape index (κ3) is 3.34. The fourth-order valence-corrected chi connectivity index (χ4v) is 2.09. The number of benzene rings is 2. The highest BCUT2D eigenvalue weighted by Crippen LogP contribution is 2.24. The first-order valence-electron chi connectivity index (χ1n) is 6.80. The third-order valence-electron chi connectivity index (χ3n) is 3.15. The minimum atomic E-state index is -0.629. The maximum Gasteiger partial charge on any atom is 0.338 e. The number of carbonyl (C=O) groups excluding carboxylic acids is 2. The van der Waals surface area contributed by atoms with E-state index in [4.69, 9.17) is 10.5 Å². The summed E-state index contributed by atoms with van der Waals surface area (Å²) >= 11 is 0. The lowest BCUT2D eigenvalue weighted by molar-refractivity contribution is -0.383. The number of nitro benzene ring substituents is 1. The average Bonchev–Trinajstić information content (AvgIpc) is 2.54. The van der Waals surface area contributed by atoms with Crippen molar-refractivity contribution in [1.29, 1.82) is 0 Å². The molecule has 0 amide bonds. The largest absolute Gasteiger partial charge is 0.462 e. The molecule has 7 nitrogen and oxygen atoms in total. The van der Waals surface area contributed by atoms with Crippen molar-refractivity contribution in [2.24, 2.45) is 0 Å². The number of ketones is 1. The van der Waals surface area contributed by atoms with Gasteiger partial charge in [-0.1, -0.05) is 18.2 Å². The predicted octanol–water partition coefficient (Wildman–Crippen LogP) is 2.58. The van der Waals surface area contributed by atoms with Gasteiger partial charge in [0, 0.05) is 17.2 Å². The zero-order valence-electron chi connectivity index (χ0n) is 12.3. The van der Waals surface area contributed by atoms with E-state index in [1.807, 2.05) is 0 Å². The Labute approximate surface area is 131 Å². The number of nitrogens with two attached hydrogens (primary N) is 1. The molecule has 7 heteroatoms. The Hall–Kier alpha value is -3.22. The molecule has 118 valence electrons. The Bertz CT molecular complexity index is 786. The summed E-state index contributed by atoms with van der Waals surface area (Å²) in [7, 11) is 0. The minimum Gasteiger partial charge on any atom is -0.462 e. The van der Waals surface area contributed by atoms with Crippen LogP contribution in [0.5, 0.6) is 0 Å². The quantitative estimate of drug-likeness (QED) is 0.298. The van der Waals surface area contributed by atoms with E-state index in [-0.39, 0.29) is 34.7 Å². The summed E-state index contributed by atoms with van der Waals surface area (Å²) in [5.41, 5.74) is 5.65. The van der Waals surface area contributed by atoms with Gasteiger partial charge in [-0.25, -0.2) is 4.79 Å². The van der Waals surface area contributed by atoms with Crippen LogP contribution < -0.4 is 5.73 Å². The topological polar surface area (TPSA) is 113 Å². The molecule has 0 saturated heterocycles. The number of nitro groups is 1. The molecule has 2 N–H and O–H groups in total. The molecule has 0 bridgehead atoms. The normalized spacial score (nSPS) is 10.1. The molecule has 0 aliphatic rings. The number of ether oxygens (including phenoxy) is 1. The van der Waals surface area contributed by atoms with Crippen molar-refractivity contribution in [2.45, 2.75) is 6.92 Å². The number of carbonyl (C=O) groups is 2. The van der Waals surface area contributed by atoms with E-state index < -0.39 is 16.7 Å². The number of esters is 1. The van der Waals surface area contributed by atoms with Gasteiger partial charge in [-0.05, 0) is 25.1 Å². The molecule has 0 spiro atoms. The summed E-state index contributed by atoms with van der Waals surface area (Å²) in [5, 5.41) is 10.8. The van der Waals surface area contributed by atoms with E-state index in [2.05, 4.69) is 0 Å². The van der Waals surface area contributed by atoms with Crippen LogP contribution >= 0.6 is 0 Å². The molecule has 0 aromatic heterocycles. The molecule has 0 aliphatic heterocycles. The van der Waals surface area contributed by atoms with Crippen molar-refractivity contribution < 1.29 is 19.2 Å². The van der Waals surface area contributed by atoms with Crippen LogP contribution in [-0.4, -0.2) is 23.3 Å². The number of hydrogen-bond donors (Lipinski definition) is 1. The summed E-state index contributed by atoms with van der Waals surface area (Å²) in [5.74, 6) is -1.07. The first-order valence-corrected chi connectivity index (χ1v) is 6.80. The number of nitrogen functional groups attached to an aromatic ring is 1. The smallest absolute Gasteiger partial charge is 0.338 e. The van der Waals surface area contributed by atoms with E-state index >= 15 is 0 Å². The number of hydrogen-bond acceptors (Lipinski definition) is 6. The van der Waals surface area contributed by atoms with E-state index in [1.54, 1.807) is 19.1 Å². The first-order chi connectivity index (χ1) is 11.0. The van der Waals surface area contributed by atoms with E-state index in [9.17, 15) is 19.7 Å². The van der Waals surface area contributed by atoms with Crippen LogP contribution in [0.3, 0.4) is 0 Å². The summed E-state index contributed by atoms with van der Waals surface area (Å²) in [4.78, 5) is 34.6. The Morgan fingerprint density at radius 3 is 2.39 bits per heavy atom. The van der Waals surface area contributed by atoms with Gasteiger partial charge < -0.3 is 10.5 Å². The summed E-state index contributed by atoms with van der Waals surface area (Å²) in [6, 6.07) is 9.90. The molecule has 0 unspecified atom stereocenters. The zero-order chi connectivity index (χ0) is 17.0. The van der Waals surface area contributed by atoms with Gasteiger partial charge in [-0.3, -0.25) is 14.9 Å². The second kappa shape index (κ2) is 6.69. The highest BCUT2D eigenvalue weighted by atomic mass is 16.6. The van der Waals surface area contributed by atoms with Crippen molar-refractivity contribution in [2.75, 3.05) is 12.3 Å². The van der Waals surface area contributed by atoms with Gasteiger partial charge in [-0.2, -0.15) is 0 Å². The second-order valence-corrected chi connectivity index (χ2v) is 4.63. The highest BCUT2D eigenvalue weighted by Gasteiger charge is 2.21. The molecule has 0 saturated carbocycles. The lowest BCUT2D eigenvalue weighted by Crippen LogP contribution is -2.13. The SMILES string of the molecule is CCOC(=O)c1ccccc1C(=O)c1ccc([N+](=O)[O-])c(N)c1. The molecule has 0 heterocycles. The van der Waals surface area contributed by atoms with Crippen LogP contribution in [-0.2, 0) is 4.74 Å². The summed E-state index contributed by atoms with van der Waals surface area (Å²) in [6.07, 6.45) is 0. The van der Waals surface area contributed by atoms with Crippen molar-refractivity contribution >= 4 is 23.1 Å². The van der Waals surface area contributed by atoms with Gasteiger partial charge in [0.25, 0.3) is 5.69 Å². The standard InChI is InChI=1S/C16H14N2O5/c1-2-23-16(20)12-6-4-3-5-11(12)15(19)10-7-8-14(18(21)22)13(17)9-10/h3-9H,2,17H2,1H3. The second-order valence-electron chi connectivity index (χ2n) is 4.63. The molecule has 0 aliphatic carbocycles. The molecule has 2 aromatic carbocycles. The van der Waals surface area contributed by atoms with Crippen molar-refractivity contribution in [3.8, 4) is 0 Å². The van der Waals surface area contributed by atoms with Crippen LogP contribution in [0.25, 0.3) is 0 Å². The van der Waals surface area contributed by atoms with Crippen LogP contribution in [0.4, 0.5) is 11.4 Å². The number of nitrogens with zero attached hydrogens (tertiary/aromatic N) is 1. The Kier molecular flexibility index (Phi) is 4.70. The maximum absolute atomic E-state index is 12.6. The average molecular weight is 314 g/mol. The van der Waals surface area contributed by atoms with Gasteiger partial charge in [0.2, 0.25) is 0 Å². The molecule has 0 atom stereocenters. The molecule has 2 rings (SSSR count). The van der Waals surface area contributed by atoms with Crippen molar-refractivity contribution in [1.82, 2.24) is 0 Å². The molecule has 23 heavy (non-hydrogen) atoms. The van der Waals surface area contributed by atoms with Crippen molar-refractivity contribution in [3.05, 3.63) is 69.3 Å². The fraction of sp³-hybridized carbons (Fsp3) is 0.125. The van der Waals surface area contributed by atoms with Crippen LogP contribution in [0, 0.1) is 10.1 Å². The predicted molar refractivity (Wildman–Crippen MR) is 83.3 cm³/mol. The Morgan fingerprint density at radius 2 is 1.83 bits per heavy atom. The van der Waals surface area contributed by atoms with Gasteiger partial charge in [0.05, 0.1) is 17.1 Å². The monoisotopic (exact) mass is 314 g/mol. The van der Waals surface area contributed by atoms with Gasteiger partial charge in [0.1, 0.15) is 5.69 Å². The number of anilines is 1. The van der Waals surface area contributed by atoms with Crippen LogP contribution in [0.15, 0.2) is 42.5 Å². The molecular formula is C16H14N2O5. The van der Waals surface area contributed by atoms with Gasteiger partial charge in [-0.15, -0.1) is 0 Å². The van der Waals surface area contributed by atoms with E-state index in [0.29, 0.717) is 0 Å². The third-order valence-corrected chi connectivity index (χ3v) is 3.15. The zero-order valence-corrected chi connectivity index (χ0v) is 12.3. The highest BCUT2D eigenvalue weighted by molar-refractivity contribution is 6.14. The van der Waals surface area contributed by atoms with E-state index in [1.165, 1.54) is 24.3 Å².